The van der Waals surface area contributed by atoms with Gasteiger partial charge in [-0.15, -0.1) is 0 Å². The Balaban J connectivity index is 2.11. The summed E-state index contributed by atoms with van der Waals surface area (Å²) in [6.45, 7) is 11.1. The number of aliphatic hydroxyl groups is 1. The first-order valence-corrected chi connectivity index (χ1v) is 8.55. The van der Waals surface area contributed by atoms with Crippen molar-refractivity contribution >= 4 is 0 Å². The molecular weight excluding hydrogens is 276 g/mol. The van der Waals surface area contributed by atoms with Crippen molar-refractivity contribution in [3.8, 4) is 5.75 Å². The zero-order valence-electron chi connectivity index (χ0n) is 14.1. The molecule has 2 rings (SSSR count). The van der Waals surface area contributed by atoms with Crippen molar-refractivity contribution in [1.82, 2.24) is 10.2 Å². The molecule has 124 valence electrons. The number of rotatable bonds is 7. The first-order valence-electron chi connectivity index (χ1n) is 8.55. The van der Waals surface area contributed by atoms with E-state index in [4.69, 9.17) is 4.74 Å². The number of ether oxygens (including phenoxy) is 1. The van der Waals surface area contributed by atoms with E-state index in [2.05, 4.69) is 37.1 Å². The van der Waals surface area contributed by atoms with Crippen LogP contribution in [-0.2, 0) is 6.42 Å². The van der Waals surface area contributed by atoms with E-state index < -0.39 is 6.10 Å². The molecule has 0 aliphatic carbocycles. The molecule has 1 aliphatic heterocycles. The van der Waals surface area contributed by atoms with Crippen LogP contribution in [0.1, 0.15) is 44.4 Å². The normalized spacial score (nSPS) is 18.9. The summed E-state index contributed by atoms with van der Waals surface area (Å²) in [7, 11) is 0. The largest absolute Gasteiger partial charge is 0.494 e. The van der Waals surface area contributed by atoms with Gasteiger partial charge in [-0.1, -0.05) is 19.9 Å². The van der Waals surface area contributed by atoms with Gasteiger partial charge >= 0.3 is 0 Å². The summed E-state index contributed by atoms with van der Waals surface area (Å²) in [5, 5.41) is 14.2. The monoisotopic (exact) mass is 306 g/mol. The van der Waals surface area contributed by atoms with Crippen LogP contribution in [0.3, 0.4) is 0 Å². The quantitative estimate of drug-likeness (QED) is 0.812. The standard InChI is InChI=1S/C18H30N2O2/c1-4-12-22-16-6-7-17(15(5-2)13-16)18(21)14(3)20-10-8-19-9-11-20/h6-7,13-14,18-19,21H,4-5,8-12H2,1-3H3. The molecule has 2 N–H and O–H groups in total. The highest BCUT2D eigenvalue weighted by molar-refractivity contribution is 5.37. The first-order chi connectivity index (χ1) is 10.7. The van der Waals surface area contributed by atoms with E-state index in [0.717, 1.165) is 56.9 Å². The molecule has 1 aromatic carbocycles. The van der Waals surface area contributed by atoms with Gasteiger partial charge in [0.1, 0.15) is 5.75 Å². The number of nitrogens with one attached hydrogen (secondary N) is 1. The molecule has 0 bridgehead atoms. The van der Waals surface area contributed by atoms with Gasteiger partial charge in [-0.3, -0.25) is 4.90 Å². The lowest BCUT2D eigenvalue weighted by Crippen LogP contribution is -2.49. The lowest BCUT2D eigenvalue weighted by Gasteiger charge is -2.36. The molecule has 0 spiro atoms. The van der Waals surface area contributed by atoms with Crippen LogP contribution in [0, 0.1) is 0 Å². The van der Waals surface area contributed by atoms with Crippen LogP contribution in [0.25, 0.3) is 0 Å². The van der Waals surface area contributed by atoms with Crippen molar-refractivity contribution in [2.24, 2.45) is 0 Å². The molecule has 1 aliphatic rings. The Morgan fingerprint density at radius 3 is 2.64 bits per heavy atom. The van der Waals surface area contributed by atoms with Crippen molar-refractivity contribution in [3.63, 3.8) is 0 Å². The van der Waals surface area contributed by atoms with Crippen LogP contribution in [0.4, 0.5) is 0 Å². The Morgan fingerprint density at radius 2 is 2.00 bits per heavy atom. The Morgan fingerprint density at radius 1 is 1.27 bits per heavy atom. The minimum Gasteiger partial charge on any atom is -0.494 e. The van der Waals surface area contributed by atoms with E-state index in [-0.39, 0.29) is 6.04 Å². The average Bonchev–Trinajstić information content (AvgIpc) is 2.59. The fourth-order valence-corrected chi connectivity index (χ4v) is 3.04. The average molecular weight is 306 g/mol. The molecule has 1 saturated heterocycles. The fraction of sp³-hybridized carbons (Fsp3) is 0.667. The topological polar surface area (TPSA) is 44.7 Å². The lowest BCUT2D eigenvalue weighted by atomic mass is 9.95. The van der Waals surface area contributed by atoms with Gasteiger partial charge in [0.15, 0.2) is 0 Å². The predicted octanol–water partition coefficient (Wildman–Crippen LogP) is 2.36. The third-order valence-electron chi connectivity index (χ3n) is 4.47. The molecule has 2 atom stereocenters. The lowest BCUT2D eigenvalue weighted by molar-refractivity contribution is 0.0504. The molecule has 1 aromatic rings. The van der Waals surface area contributed by atoms with Gasteiger partial charge in [-0.05, 0) is 43.0 Å². The Kier molecular flexibility index (Phi) is 6.68. The fourth-order valence-electron chi connectivity index (χ4n) is 3.04. The molecule has 0 amide bonds. The van der Waals surface area contributed by atoms with Gasteiger partial charge in [-0.25, -0.2) is 0 Å². The third kappa shape index (κ3) is 4.22. The number of aryl methyl sites for hydroxylation is 1. The summed E-state index contributed by atoms with van der Waals surface area (Å²) in [5.41, 5.74) is 2.22. The van der Waals surface area contributed by atoms with Crippen LogP contribution in [-0.4, -0.2) is 48.8 Å². The van der Waals surface area contributed by atoms with Gasteiger partial charge in [0.05, 0.1) is 12.7 Å². The predicted molar refractivity (Wildman–Crippen MR) is 90.5 cm³/mol. The van der Waals surface area contributed by atoms with Crippen LogP contribution < -0.4 is 10.1 Å². The van der Waals surface area contributed by atoms with E-state index in [1.54, 1.807) is 0 Å². The molecule has 22 heavy (non-hydrogen) atoms. The summed E-state index contributed by atoms with van der Waals surface area (Å²) in [4.78, 5) is 2.36. The summed E-state index contributed by atoms with van der Waals surface area (Å²) >= 11 is 0. The van der Waals surface area contributed by atoms with Crippen molar-refractivity contribution in [2.75, 3.05) is 32.8 Å². The van der Waals surface area contributed by atoms with Crippen LogP contribution >= 0.6 is 0 Å². The van der Waals surface area contributed by atoms with Crippen LogP contribution in [0.5, 0.6) is 5.75 Å². The molecule has 0 saturated carbocycles. The minimum atomic E-state index is -0.451. The maximum Gasteiger partial charge on any atom is 0.119 e. The van der Waals surface area contributed by atoms with Crippen molar-refractivity contribution in [1.29, 1.82) is 0 Å². The number of hydrogen-bond donors (Lipinski definition) is 2. The van der Waals surface area contributed by atoms with Gasteiger partial charge in [0.25, 0.3) is 0 Å². The minimum absolute atomic E-state index is 0.134. The molecule has 1 fully saturated rings. The van der Waals surface area contributed by atoms with Crippen molar-refractivity contribution < 1.29 is 9.84 Å². The highest BCUT2D eigenvalue weighted by Crippen LogP contribution is 2.28. The van der Waals surface area contributed by atoms with E-state index in [0.29, 0.717) is 0 Å². The molecule has 1 heterocycles. The van der Waals surface area contributed by atoms with Gasteiger partial charge in [-0.2, -0.15) is 0 Å². The molecular formula is C18H30N2O2. The number of benzene rings is 1. The second-order valence-electron chi connectivity index (χ2n) is 6.03. The maximum atomic E-state index is 10.8. The van der Waals surface area contributed by atoms with Gasteiger partial charge in [0, 0.05) is 32.2 Å². The number of aliphatic hydroxyl groups excluding tert-OH is 1. The van der Waals surface area contributed by atoms with Gasteiger partial charge < -0.3 is 15.2 Å². The van der Waals surface area contributed by atoms with Crippen LogP contribution in [0.15, 0.2) is 18.2 Å². The maximum absolute atomic E-state index is 10.8. The highest BCUT2D eigenvalue weighted by atomic mass is 16.5. The zero-order chi connectivity index (χ0) is 15.9. The van der Waals surface area contributed by atoms with Crippen molar-refractivity contribution in [2.45, 2.75) is 45.8 Å². The number of piperazine rings is 1. The van der Waals surface area contributed by atoms with Gasteiger partial charge in [0.2, 0.25) is 0 Å². The van der Waals surface area contributed by atoms with E-state index >= 15 is 0 Å². The molecule has 0 aromatic heterocycles. The molecule has 4 nitrogen and oxygen atoms in total. The van der Waals surface area contributed by atoms with Crippen molar-refractivity contribution in [3.05, 3.63) is 29.3 Å². The SMILES string of the molecule is CCCOc1ccc(C(O)C(C)N2CCNCC2)c(CC)c1. The van der Waals surface area contributed by atoms with E-state index in [1.807, 2.05) is 12.1 Å². The summed E-state index contributed by atoms with van der Waals surface area (Å²) in [5.74, 6) is 0.907. The van der Waals surface area contributed by atoms with E-state index in [1.165, 1.54) is 5.56 Å². The summed E-state index contributed by atoms with van der Waals surface area (Å²) in [6.07, 6.45) is 1.46. The molecule has 4 heteroatoms. The van der Waals surface area contributed by atoms with Crippen LogP contribution in [0.2, 0.25) is 0 Å². The van der Waals surface area contributed by atoms with E-state index in [9.17, 15) is 5.11 Å². The summed E-state index contributed by atoms with van der Waals surface area (Å²) < 4.78 is 5.71. The Bertz CT molecular complexity index is 458. The second kappa shape index (κ2) is 8.51. The highest BCUT2D eigenvalue weighted by Gasteiger charge is 2.25. The first kappa shape index (κ1) is 17.3. The number of hydrogen-bond acceptors (Lipinski definition) is 4. The molecule has 0 radical (unpaired) electrons. The Labute approximate surface area is 134 Å². The Hall–Kier alpha value is -1.10. The third-order valence-corrected chi connectivity index (χ3v) is 4.47. The smallest absolute Gasteiger partial charge is 0.119 e. The molecule has 2 unspecified atom stereocenters. The summed E-state index contributed by atoms with van der Waals surface area (Å²) in [6, 6.07) is 6.24. The zero-order valence-corrected chi connectivity index (χ0v) is 14.1. The number of nitrogens with zero attached hydrogens (tertiary/aromatic N) is 1. The second-order valence-corrected chi connectivity index (χ2v) is 6.03.